The van der Waals surface area contributed by atoms with E-state index in [0.717, 1.165) is 28.6 Å². The number of amides is 1. The first kappa shape index (κ1) is 24.0. The standard InChI is InChI=1S/C27H24F4N4O/c28-19-9-11-20(12-10-19)35-24-8-4-3-7-23(24)32-25(35)17-34-15-13-18(14-16-34)26(36)33-22-6-2-1-5-21(22)27(29,30)31/h1-12,18H,13-17H2,(H,33,36). The molecule has 0 radical (unpaired) electrons. The number of benzene rings is 3. The van der Waals surface area contributed by atoms with Crippen molar-refractivity contribution in [2.24, 2.45) is 5.92 Å². The number of nitrogens with one attached hydrogen (secondary N) is 1. The molecule has 1 amide bonds. The second kappa shape index (κ2) is 9.73. The van der Waals surface area contributed by atoms with Gasteiger partial charge in [-0.15, -0.1) is 0 Å². The number of likely N-dealkylation sites (tertiary alicyclic amines) is 1. The summed E-state index contributed by atoms with van der Waals surface area (Å²) in [7, 11) is 0. The van der Waals surface area contributed by atoms with E-state index in [1.54, 1.807) is 12.1 Å². The van der Waals surface area contributed by atoms with E-state index in [9.17, 15) is 22.4 Å². The van der Waals surface area contributed by atoms with Crippen molar-refractivity contribution >= 4 is 22.6 Å². The first-order chi connectivity index (χ1) is 17.3. The molecule has 0 saturated carbocycles. The summed E-state index contributed by atoms with van der Waals surface area (Å²) in [5.41, 5.74) is 1.48. The van der Waals surface area contributed by atoms with Crippen molar-refractivity contribution in [2.75, 3.05) is 18.4 Å². The molecule has 0 aliphatic carbocycles. The summed E-state index contributed by atoms with van der Waals surface area (Å²) in [5, 5.41) is 2.48. The Balaban J connectivity index is 1.28. The first-order valence-electron chi connectivity index (χ1n) is 11.7. The number of alkyl halides is 3. The van der Waals surface area contributed by atoms with Crippen molar-refractivity contribution in [2.45, 2.75) is 25.6 Å². The molecule has 1 aliphatic rings. The van der Waals surface area contributed by atoms with E-state index in [4.69, 9.17) is 4.98 Å². The number of nitrogens with zero attached hydrogens (tertiary/aromatic N) is 3. The average molecular weight is 497 g/mol. The molecule has 9 heteroatoms. The van der Waals surface area contributed by atoms with Gasteiger partial charge in [-0.2, -0.15) is 13.2 Å². The van der Waals surface area contributed by atoms with Gasteiger partial charge in [0.1, 0.15) is 11.6 Å². The quantitative estimate of drug-likeness (QED) is 0.343. The SMILES string of the molecule is O=C(Nc1ccccc1C(F)(F)F)C1CCN(Cc2nc3ccccc3n2-c2ccc(F)cc2)CC1. The van der Waals surface area contributed by atoms with E-state index in [1.165, 1.54) is 30.3 Å². The van der Waals surface area contributed by atoms with Crippen LogP contribution >= 0.6 is 0 Å². The highest BCUT2D eigenvalue weighted by atomic mass is 19.4. The Labute approximate surface area is 205 Å². The molecule has 1 fully saturated rings. The lowest BCUT2D eigenvalue weighted by molar-refractivity contribution is -0.137. The molecule has 1 aliphatic heterocycles. The number of aromatic nitrogens is 2. The normalized spacial score (nSPS) is 15.3. The maximum atomic E-state index is 13.5. The minimum atomic E-state index is -4.54. The van der Waals surface area contributed by atoms with Gasteiger partial charge in [0, 0.05) is 11.6 Å². The number of imidazole rings is 1. The van der Waals surface area contributed by atoms with Crippen molar-refractivity contribution < 1.29 is 22.4 Å². The van der Waals surface area contributed by atoms with Crippen LogP contribution < -0.4 is 5.32 Å². The molecule has 1 aromatic heterocycles. The number of halogens is 4. The molecule has 0 unspecified atom stereocenters. The number of piperidine rings is 1. The Hall–Kier alpha value is -3.72. The second-order valence-electron chi connectivity index (χ2n) is 8.91. The van der Waals surface area contributed by atoms with Gasteiger partial charge in [0.05, 0.1) is 28.8 Å². The molecule has 1 saturated heterocycles. The zero-order valence-electron chi connectivity index (χ0n) is 19.3. The largest absolute Gasteiger partial charge is 0.418 e. The summed E-state index contributed by atoms with van der Waals surface area (Å²) < 4.78 is 55.3. The van der Waals surface area contributed by atoms with Crippen LogP contribution in [-0.2, 0) is 17.5 Å². The second-order valence-corrected chi connectivity index (χ2v) is 8.91. The van der Waals surface area contributed by atoms with Crippen LogP contribution in [0.25, 0.3) is 16.7 Å². The molecule has 0 atom stereocenters. The number of carbonyl (C=O) groups is 1. The van der Waals surface area contributed by atoms with Crippen molar-refractivity contribution in [3.05, 3.63) is 90.0 Å². The number of rotatable bonds is 5. The predicted octanol–water partition coefficient (Wildman–Crippen LogP) is 6.03. The fourth-order valence-corrected chi connectivity index (χ4v) is 4.69. The van der Waals surface area contributed by atoms with Gasteiger partial charge < -0.3 is 5.32 Å². The van der Waals surface area contributed by atoms with Gasteiger partial charge in [-0.1, -0.05) is 24.3 Å². The average Bonchev–Trinajstić information content (AvgIpc) is 3.22. The van der Waals surface area contributed by atoms with Gasteiger partial charge in [0.25, 0.3) is 0 Å². The monoisotopic (exact) mass is 496 g/mol. The molecule has 1 N–H and O–H groups in total. The lowest BCUT2D eigenvalue weighted by atomic mass is 9.95. The number of fused-ring (bicyclic) bond motifs is 1. The Morgan fingerprint density at radius 2 is 1.61 bits per heavy atom. The molecule has 4 aromatic rings. The number of hydrogen-bond acceptors (Lipinski definition) is 3. The predicted molar refractivity (Wildman–Crippen MR) is 129 cm³/mol. The lowest BCUT2D eigenvalue weighted by Gasteiger charge is -2.31. The molecule has 0 bridgehead atoms. The summed E-state index contributed by atoms with van der Waals surface area (Å²) in [5.74, 6) is -0.295. The van der Waals surface area contributed by atoms with Gasteiger partial charge >= 0.3 is 6.18 Å². The summed E-state index contributed by atoms with van der Waals surface area (Å²) in [4.78, 5) is 19.7. The van der Waals surface area contributed by atoms with Crippen LogP contribution in [-0.4, -0.2) is 33.4 Å². The van der Waals surface area contributed by atoms with Gasteiger partial charge in [-0.05, 0) is 74.5 Å². The van der Waals surface area contributed by atoms with Crippen LogP contribution in [0.1, 0.15) is 24.2 Å². The highest BCUT2D eigenvalue weighted by molar-refractivity contribution is 5.93. The van der Waals surface area contributed by atoms with Crippen molar-refractivity contribution in [3.63, 3.8) is 0 Å². The Morgan fingerprint density at radius 1 is 0.944 bits per heavy atom. The van der Waals surface area contributed by atoms with Crippen LogP contribution in [0.2, 0.25) is 0 Å². The van der Waals surface area contributed by atoms with E-state index in [0.29, 0.717) is 32.5 Å². The highest BCUT2D eigenvalue weighted by Crippen LogP contribution is 2.35. The maximum absolute atomic E-state index is 13.5. The molecule has 3 aromatic carbocycles. The van der Waals surface area contributed by atoms with Crippen LogP contribution in [0.15, 0.2) is 72.8 Å². The highest BCUT2D eigenvalue weighted by Gasteiger charge is 2.34. The van der Waals surface area contributed by atoms with Gasteiger partial charge in [-0.3, -0.25) is 14.3 Å². The van der Waals surface area contributed by atoms with E-state index in [-0.39, 0.29) is 17.4 Å². The van der Waals surface area contributed by atoms with Gasteiger partial charge in [0.2, 0.25) is 5.91 Å². The number of anilines is 1. The van der Waals surface area contributed by atoms with E-state index in [1.807, 2.05) is 28.8 Å². The molecular weight excluding hydrogens is 472 g/mol. The summed E-state index contributed by atoms with van der Waals surface area (Å²) in [6, 6.07) is 19.0. The maximum Gasteiger partial charge on any atom is 0.418 e. The van der Waals surface area contributed by atoms with Crippen molar-refractivity contribution in [1.29, 1.82) is 0 Å². The minimum Gasteiger partial charge on any atom is -0.325 e. The number of carbonyl (C=O) groups excluding carboxylic acids is 1. The molecule has 36 heavy (non-hydrogen) atoms. The Bertz CT molecular complexity index is 1370. The first-order valence-corrected chi connectivity index (χ1v) is 11.7. The van der Waals surface area contributed by atoms with Crippen molar-refractivity contribution in [1.82, 2.24) is 14.5 Å². The Kier molecular flexibility index (Phi) is 6.49. The third-order valence-electron chi connectivity index (χ3n) is 6.53. The van der Waals surface area contributed by atoms with Gasteiger partial charge in [0.15, 0.2) is 0 Å². The van der Waals surface area contributed by atoms with Crippen LogP contribution in [0.3, 0.4) is 0 Å². The van der Waals surface area contributed by atoms with E-state index >= 15 is 0 Å². The number of hydrogen-bond donors (Lipinski definition) is 1. The van der Waals surface area contributed by atoms with Crippen LogP contribution in [0.5, 0.6) is 0 Å². The summed E-state index contributed by atoms with van der Waals surface area (Å²) in [6.45, 7) is 1.73. The summed E-state index contributed by atoms with van der Waals surface area (Å²) >= 11 is 0. The minimum absolute atomic E-state index is 0.217. The zero-order chi connectivity index (χ0) is 25.3. The van der Waals surface area contributed by atoms with E-state index in [2.05, 4.69) is 10.2 Å². The fourth-order valence-electron chi connectivity index (χ4n) is 4.69. The van der Waals surface area contributed by atoms with E-state index < -0.39 is 17.6 Å². The molecule has 2 heterocycles. The molecule has 5 nitrogen and oxygen atoms in total. The zero-order valence-corrected chi connectivity index (χ0v) is 19.3. The topological polar surface area (TPSA) is 50.2 Å². The molecule has 0 spiro atoms. The van der Waals surface area contributed by atoms with Crippen molar-refractivity contribution in [3.8, 4) is 5.69 Å². The third-order valence-corrected chi connectivity index (χ3v) is 6.53. The molecular formula is C27H24F4N4O. The molecule has 186 valence electrons. The Morgan fingerprint density at radius 3 is 2.33 bits per heavy atom. The smallest absolute Gasteiger partial charge is 0.325 e. The fraction of sp³-hybridized carbons (Fsp3) is 0.259. The summed E-state index contributed by atoms with van der Waals surface area (Å²) in [6.07, 6.45) is -3.49. The van der Waals surface area contributed by atoms with Crippen LogP contribution in [0, 0.1) is 11.7 Å². The van der Waals surface area contributed by atoms with Gasteiger partial charge in [-0.25, -0.2) is 9.37 Å². The number of para-hydroxylation sites is 3. The van der Waals surface area contributed by atoms with Crippen LogP contribution in [0.4, 0.5) is 23.2 Å². The third kappa shape index (κ3) is 4.97. The lowest BCUT2D eigenvalue weighted by Crippen LogP contribution is -2.38. The molecule has 5 rings (SSSR count).